The van der Waals surface area contributed by atoms with E-state index < -0.39 is 0 Å². The van der Waals surface area contributed by atoms with Crippen molar-refractivity contribution in [2.24, 2.45) is 0 Å². The summed E-state index contributed by atoms with van der Waals surface area (Å²) in [7, 11) is 0. The largest absolute Gasteiger partial charge is 0.479 e. The van der Waals surface area contributed by atoms with Crippen LogP contribution in [-0.4, -0.2) is 10.9 Å². The molecule has 0 saturated heterocycles. The average molecular weight is 306 g/mol. The van der Waals surface area contributed by atoms with Crippen molar-refractivity contribution in [1.29, 1.82) is 0 Å². The first-order chi connectivity index (χ1) is 10.9. The van der Waals surface area contributed by atoms with Gasteiger partial charge in [-0.25, -0.2) is 0 Å². The zero-order valence-corrected chi connectivity index (χ0v) is 12.6. The van der Waals surface area contributed by atoms with E-state index in [0.717, 1.165) is 28.3 Å². The number of hydrogen-bond acceptors (Lipinski definition) is 4. The summed E-state index contributed by atoms with van der Waals surface area (Å²) < 4.78 is 8.98. The quantitative estimate of drug-likeness (QED) is 0.688. The Labute approximate surface area is 133 Å². The molecule has 108 valence electrons. The third-order valence-electron chi connectivity index (χ3n) is 3.62. The zero-order chi connectivity index (χ0) is 14.8. The van der Waals surface area contributed by atoms with Gasteiger partial charge in [-0.1, -0.05) is 48.5 Å². The summed E-state index contributed by atoms with van der Waals surface area (Å²) in [4.78, 5) is 4.63. The van der Waals surface area contributed by atoms with E-state index in [-0.39, 0.29) is 0 Å². The SMILES string of the molecule is c1ccc(-c2ccc(-c3cccc4c3NSCO4)nc2)cc1. The minimum absolute atomic E-state index is 0.622. The summed E-state index contributed by atoms with van der Waals surface area (Å²) in [6, 6.07) is 20.5. The molecule has 4 rings (SSSR count). The van der Waals surface area contributed by atoms with Crippen molar-refractivity contribution in [3.63, 3.8) is 0 Å². The van der Waals surface area contributed by atoms with Crippen LogP contribution in [-0.2, 0) is 0 Å². The lowest BCUT2D eigenvalue weighted by Gasteiger charge is -2.20. The maximum absolute atomic E-state index is 5.65. The molecule has 0 saturated carbocycles. The molecule has 0 amide bonds. The molecule has 1 aromatic heterocycles. The number of ether oxygens (including phenoxy) is 1. The number of anilines is 1. The highest BCUT2D eigenvalue weighted by Crippen LogP contribution is 2.39. The first kappa shape index (κ1) is 13.2. The molecular formula is C18H14N2OS. The molecule has 0 atom stereocenters. The molecule has 0 radical (unpaired) electrons. The maximum atomic E-state index is 5.65. The summed E-state index contributed by atoms with van der Waals surface area (Å²) in [5.74, 6) is 1.50. The summed E-state index contributed by atoms with van der Waals surface area (Å²) in [6.07, 6.45) is 1.92. The van der Waals surface area contributed by atoms with Crippen molar-refractivity contribution < 1.29 is 4.74 Å². The molecule has 2 heterocycles. The van der Waals surface area contributed by atoms with Gasteiger partial charge in [0.1, 0.15) is 5.75 Å². The number of fused-ring (bicyclic) bond motifs is 1. The number of hydrogen-bond donors (Lipinski definition) is 1. The molecule has 4 heteroatoms. The lowest BCUT2D eigenvalue weighted by molar-refractivity contribution is 0.392. The Morgan fingerprint density at radius 1 is 0.909 bits per heavy atom. The third kappa shape index (κ3) is 2.42. The van der Waals surface area contributed by atoms with Gasteiger partial charge in [-0.15, -0.1) is 0 Å². The van der Waals surface area contributed by atoms with E-state index in [1.807, 2.05) is 36.5 Å². The standard InChI is InChI=1S/C18H14N2OS/c1-2-5-13(6-3-1)14-9-10-16(19-11-14)15-7-4-8-17-18(15)20-22-12-21-17/h1-11,20H,12H2. The van der Waals surface area contributed by atoms with Crippen LogP contribution < -0.4 is 9.46 Å². The molecule has 1 aliphatic heterocycles. The zero-order valence-electron chi connectivity index (χ0n) is 11.8. The number of para-hydroxylation sites is 1. The van der Waals surface area contributed by atoms with Gasteiger partial charge < -0.3 is 9.46 Å². The van der Waals surface area contributed by atoms with Crippen LogP contribution >= 0.6 is 11.9 Å². The first-order valence-electron chi connectivity index (χ1n) is 7.07. The van der Waals surface area contributed by atoms with Crippen LogP contribution in [0.3, 0.4) is 0 Å². The van der Waals surface area contributed by atoms with Crippen molar-refractivity contribution >= 4 is 17.6 Å². The van der Waals surface area contributed by atoms with Gasteiger partial charge >= 0.3 is 0 Å². The number of nitrogens with one attached hydrogen (secondary N) is 1. The molecular weight excluding hydrogens is 292 g/mol. The summed E-state index contributed by atoms with van der Waals surface area (Å²) >= 11 is 1.55. The monoisotopic (exact) mass is 306 g/mol. The highest BCUT2D eigenvalue weighted by Gasteiger charge is 2.15. The van der Waals surface area contributed by atoms with Crippen LogP contribution in [0.15, 0.2) is 66.9 Å². The highest BCUT2D eigenvalue weighted by molar-refractivity contribution is 8.00. The molecule has 1 aliphatic rings. The average Bonchev–Trinajstić information content (AvgIpc) is 2.62. The van der Waals surface area contributed by atoms with Gasteiger partial charge in [0.05, 0.1) is 11.4 Å². The van der Waals surface area contributed by atoms with Crippen molar-refractivity contribution in [3.05, 3.63) is 66.9 Å². The van der Waals surface area contributed by atoms with Gasteiger partial charge in [-0.2, -0.15) is 0 Å². The van der Waals surface area contributed by atoms with E-state index in [1.54, 1.807) is 11.9 Å². The van der Waals surface area contributed by atoms with Gasteiger partial charge in [0.2, 0.25) is 0 Å². The Morgan fingerprint density at radius 3 is 2.64 bits per heavy atom. The smallest absolute Gasteiger partial charge is 0.153 e. The molecule has 0 bridgehead atoms. The summed E-state index contributed by atoms with van der Waals surface area (Å²) in [5.41, 5.74) is 5.29. The predicted molar refractivity (Wildman–Crippen MR) is 91.8 cm³/mol. The molecule has 0 aliphatic carbocycles. The lowest BCUT2D eigenvalue weighted by Crippen LogP contribution is -2.06. The summed E-state index contributed by atoms with van der Waals surface area (Å²) in [6.45, 7) is 0. The van der Waals surface area contributed by atoms with E-state index in [9.17, 15) is 0 Å². The third-order valence-corrected chi connectivity index (χ3v) is 4.20. The number of aromatic nitrogens is 1. The molecule has 2 aromatic carbocycles. The Balaban J connectivity index is 1.72. The van der Waals surface area contributed by atoms with Gasteiger partial charge in [0, 0.05) is 17.3 Å². The maximum Gasteiger partial charge on any atom is 0.153 e. The van der Waals surface area contributed by atoms with Crippen LogP contribution in [0.25, 0.3) is 22.4 Å². The second-order valence-corrected chi connectivity index (χ2v) is 5.71. The van der Waals surface area contributed by atoms with Crippen LogP contribution in [0.1, 0.15) is 0 Å². The fourth-order valence-corrected chi connectivity index (χ4v) is 3.12. The predicted octanol–water partition coefficient (Wildman–Crippen LogP) is 4.83. The molecule has 0 fully saturated rings. The van der Waals surface area contributed by atoms with E-state index >= 15 is 0 Å². The Bertz CT molecular complexity index is 788. The molecule has 0 spiro atoms. The lowest BCUT2D eigenvalue weighted by atomic mass is 10.0. The van der Waals surface area contributed by atoms with E-state index in [0.29, 0.717) is 5.94 Å². The highest BCUT2D eigenvalue weighted by atomic mass is 32.2. The van der Waals surface area contributed by atoms with Crippen LogP contribution in [0.2, 0.25) is 0 Å². The number of benzene rings is 2. The fourth-order valence-electron chi connectivity index (χ4n) is 2.52. The number of nitrogens with zero attached hydrogens (tertiary/aromatic N) is 1. The van der Waals surface area contributed by atoms with Gasteiger partial charge in [0.15, 0.2) is 5.94 Å². The van der Waals surface area contributed by atoms with E-state index in [4.69, 9.17) is 4.74 Å². The molecule has 0 unspecified atom stereocenters. The van der Waals surface area contributed by atoms with Crippen LogP contribution in [0, 0.1) is 0 Å². The first-order valence-corrected chi connectivity index (χ1v) is 8.06. The van der Waals surface area contributed by atoms with Crippen LogP contribution in [0.5, 0.6) is 5.75 Å². The van der Waals surface area contributed by atoms with E-state index in [2.05, 4.69) is 40.0 Å². The van der Waals surface area contributed by atoms with E-state index in [1.165, 1.54) is 5.56 Å². The number of pyridine rings is 1. The molecule has 1 N–H and O–H groups in total. The Morgan fingerprint density at radius 2 is 1.82 bits per heavy atom. The topological polar surface area (TPSA) is 34.1 Å². The molecule has 22 heavy (non-hydrogen) atoms. The van der Waals surface area contributed by atoms with Gasteiger partial charge in [-0.3, -0.25) is 4.98 Å². The second kappa shape index (κ2) is 5.73. The normalized spacial score (nSPS) is 12.9. The van der Waals surface area contributed by atoms with Gasteiger partial charge in [0.25, 0.3) is 0 Å². The van der Waals surface area contributed by atoms with Crippen molar-refractivity contribution in [2.75, 3.05) is 10.7 Å². The van der Waals surface area contributed by atoms with Crippen molar-refractivity contribution in [2.45, 2.75) is 0 Å². The molecule has 3 nitrogen and oxygen atoms in total. The second-order valence-electron chi connectivity index (χ2n) is 4.99. The Kier molecular flexibility index (Phi) is 3.45. The minimum atomic E-state index is 0.622. The van der Waals surface area contributed by atoms with Gasteiger partial charge in [-0.05, 0) is 29.6 Å². The number of rotatable bonds is 2. The Hall–Kier alpha value is -2.46. The van der Waals surface area contributed by atoms with Crippen molar-refractivity contribution in [3.8, 4) is 28.1 Å². The minimum Gasteiger partial charge on any atom is -0.479 e. The summed E-state index contributed by atoms with van der Waals surface area (Å²) in [5, 5.41) is 0. The van der Waals surface area contributed by atoms with Crippen molar-refractivity contribution in [1.82, 2.24) is 4.98 Å². The fraction of sp³-hybridized carbons (Fsp3) is 0.0556. The van der Waals surface area contributed by atoms with Crippen LogP contribution in [0.4, 0.5) is 5.69 Å². The molecule has 3 aromatic rings.